The maximum atomic E-state index is 12.4. The van der Waals surface area contributed by atoms with Crippen molar-refractivity contribution in [3.05, 3.63) is 29.8 Å². The summed E-state index contributed by atoms with van der Waals surface area (Å²) in [4.78, 5) is 14.5. The summed E-state index contributed by atoms with van der Waals surface area (Å²) in [5, 5.41) is 3.07. The van der Waals surface area contributed by atoms with Crippen LogP contribution in [-0.4, -0.2) is 32.1 Å². The van der Waals surface area contributed by atoms with Crippen molar-refractivity contribution < 1.29 is 4.79 Å². The zero-order chi connectivity index (χ0) is 15.5. The molecule has 1 saturated heterocycles. The molecule has 1 aliphatic heterocycles. The number of hydrogen-bond acceptors (Lipinski definition) is 4. The van der Waals surface area contributed by atoms with Gasteiger partial charge in [-0.2, -0.15) is 0 Å². The minimum absolute atomic E-state index is 0.0913. The van der Waals surface area contributed by atoms with Crippen LogP contribution in [0.2, 0.25) is 0 Å². The number of carbonyl (C=O) groups excluding carboxylic acids is 1. The molecule has 0 aromatic heterocycles. The van der Waals surface area contributed by atoms with Gasteiger partial charge >= 0.3 is 0 Å². The van der Waals surface area contributed by atoms with Crippen LogP contribution in [0.5, 0.6) is 0 Å². The molecule has 120 valence electrons. The maximum Gasteiger partial charge on any atom is 0.239 e. The third kappa shape index (κ3) is 3.25. The second-order valence-corrected chi connectivity index (χ2v) is 6.60. The highest BCUT2D eigenvalue weighted by Gasteiger charge is 2.40. The van der Waals surface area contributed by atoms with E-state index in [4.69, 9.17) is 0 Å². The maximum absolute atomic E-state index is 12.4. The molecule has 1 aliphatic carbocycles. The molecule has 1 saturated carbocycles. The Morgan fingerprint density at radius 3 is 2.64 bits per heavy atom. The van der Waals surface area contributed by atoms with Crippen LogP contribution in [-0.2, 0) is 11.3 Å². The fourth-order valence-electron chi connectivity index (χ4n) is 3.51. The quantitative estimate of drug-likeness (QED) is 0.787. The number of fused-ring (bicyclic) bond motifs is 1. The van der Waals surface area contributed by atoms with Crippen LogP contribution in [0.1, 0.15) is 31.2 Å². The van der Waals surface area contributed by atoms with Crippen LogP contribution in [0.3, 0.4) is 0 Å². The Morgan fingerprint density at radius 1 is 1.18 bits per heavy atom. The highest BCUT2D eigenvalue weighted by atomic mass is 16.2. The lowest BCUT2D eigenvalue weighted by Gasteiger charge is -2.26. The monoisotopic (exact) mass is 302 g/mol. The van der Waals surface area contributed by atoms with Gasteiger partial charge in [-0.25, -0.2) is 5.43 Å². The molecule has 2 fully saturated rings. The molecule has 1 amide bonds. The molecule has 1 aromatic carbocycles. The molecule has 3 unspecified atom stereocenters. The molecule has 0 spiro atoms. The topological polar surface area (TPSA) is 56.4 Å². The molecular formula is C17H26N4O. The molecule has 3 N–H and O–H groups in total. The summed E-state index contributed by atoms with van der Waals surface area (Å²) >= 11 is 0. The van der Waals surface area contributed by atoms with Gasteiger partial charge in [-0.3, -0.25) is 10.2 Å². The first-order valence-electron chi connectivity index (χ1n) is 8.20. The molecule has 2 aliphatic rings. The average Bonchev–Trinajstić information content (AvgIpc) is 2.97. The van der Waals surface area contributed by atoms with Crippen LogP contribution < -0.4 is 21.1 Å². The summed E-state index contributed by atoms with van der Waals surface area (Å²) in [6, 6.07) is 8.66. The van der Waals surface area contributed by atoms with Crippen LogP contribution in [0.4, 0.5) is 5.69 Å². The Hall–Kier alpha value is -1.59. The zero-order valence-electron chi connectivity index (χ0n) is 13.4. The lowest BCUT2D eigenvalue weighted by molar-refractivity contribution is -0.124. The van der Waals surface area contributed by atoms with Gasteiger partial charge in [-0.1, -0.05) is 25.0 Å². The number of hydrazine groups is 1. The van der Waals surface area contributed by atoms with E-state index in [0.29, 0.717) is 18.5 Å². The fourth-order valence-corrected chi connectivity index (χ4v) is 3.51. The molecule has 5 nitrogen and oxygen atoms in total. The number of rotatable bonds is 4. The van der Waals surface area contributed by atoms with Crippen molar-refractivity contribution in [3.63, 3.8) is 0 Å². The Balaban J connectivity index is 1.53. The Labute approximate surface area is 132 Å². The molecule has 1 aromatic rings. The molecule has 5 heteroatoms. The summed E-state index contributed by atoms with van der Waals surface area (Å²) in [7, 11) is 4.05. The van der Waals surface area contributed by atoms with E-state index in [1.165, 1.54) is 24.9 Å². The predicted molar refractivity (Wildman–Crippen MR) is 88.4 cm³/mol. The number of nitrogens with one attached hydrogen (secondary N) is 3. The summed E-state index contributed by atoms with van der Waals surface area (Å²) in [5.74, 6) is 0.545. The Bertz CT molecular complexity index is 514. The van der Waals surface area contributed by atoms with Crippen molar-refractivity contribution in [3.8, 4) is 0 Å². The van der Waals surface area contributed by atoms with Crippen molar-refractivity contribution in [2.24, 2.45) is 5.92 Å². The predicted octanol–water partition coefficient (Wildman–Crippen LogP) is 1.40. The van der Waals surface area contributed by atoms with Gasteiger partial charge in [-0.05, 0) is 30.5 Å². The Morgan fingerprint density at radius 2 is 1.91 bits per heavy atom. The van der Waals surface area contributed by atoms with Crippen molar-refractivity contribution in [2.75, 3.05) is 19.0 Å². The van der Waals surface area contributed by atoms with Gasteiger partial charge in [0.2, 0.25) is 5.91 Å². The van der Waals surface area contributed by atoms with E-state index >= 15 is 0 Å². The molecular weight excluding hydrogens is 276 g/mol. The van der Waals surface area contributed by atoms with Crippen LogP contribution in [0.25, 0.3) is 0 Å². The summed E-state index contributed by atoms with van der Waals surface area (Å²) in [5.41, 5.74) is 8.78. The van der Waals surface area contributed by atoms with Gasteiger partial charge in [0.05, 0.1) is 0 Å². The SMILES string of the molecule is CN(C)c1ccc(CNC(=O)C2NNC3CCCCC32)cc1. The van der Waals surface area contributed by atoms with Crippen molar-refractivity contribution >= 4 is 11.6 Å². The minimum atomic E-state index is -0.0913. The molecule has 22 heavy (non-hydrogen) atoms. The van der Waals surface area contributed by atoms with Gasteiger partial charge in [0, 0.05) is 38.3 Å². The summed E-state index contributed by atoms with van der Waals surface area (Å²) in [6.45, 7) is 0.585. The van der Waals surface area contributed by atoms with Crippen molar-refractivity contribution in [2.45, 2.75) is 44.3 Å². The van der Waals surface area contributed by atoms with Crippen LogP contribution in [0, 0.1) is 5.92 Å². The van der Waals surface area contributed by atoms with Crippen molar-refractivity contribution in [1.29, 1.82) is 0 Å². The number of amides is 1. The van der Waals surface area contributed by atoms with E-state index in [1.807, 2.05) is 14.1 Å². The lowest BCUT2D eigenvalue weighted by Crippen LogP contribution is -2.45. The molecule has 0 bridgehead atoms. The minimum Gasteiger partial charge on any atom is -0.378 e. The number of carbonyl (C=O) groups is 1. The molecule has 1 heterocycles. The van der Waals surface area contributed by atoms with Crippen molar-refractivity contribution in [1.82, 2.24) is 16.2 Å². The first-order chi connectivity index (χ1) is 10.6. The third-order valence-corrected chi connectivity index (χ3v) is 4.87. The Kier molecular flexibility index (Phi) is 4.64. The van der Waals surface area contributed by atoms with Gasteiger partial charge < -0.3 is 10.2 Å². The fraction of sp³-hybridized carbons (Fsp3) is 0.588. The second-order valence-electron chi connectivity index (χ2n) is 6.60. The third-order valence-electron chi connectivity index (χ3n) is 4.87. The highest BCUT2D eigenvalue weighted by Crippen LogP contribution is 2.30. The molecule has 3 atom stereocenters. The standard InChI is InChI=1S/C17H26N4O/c1-21(2)13-9-7-12(8-10-13)11-18-17(22)16-14-5-3-4-6-15(14)19-20-16/h7-10,14-16,19-20H,3-6,11H2,1-2H3,(H,18,22). The molecule has 3 rings (SSSR count). The lowest BCUT2D eigenvalue weighted by atomic mass is 9.81. The van der Waals surface area contributed by atoms with Crippen LogP contribution >= 0.6 is 0 Å². The number of nitrogens with zero attached hydrogens (tertiary/aromatic N) is 1. The zero-order valence-corrected chi connectivity index (χ0v) is 13.4. The highest BCUT2D eigenvalue weighted by molar-refractivity contribution is 5.82. The van der Waals surface area contributed by atoms with E-state index in [1.54, 1.807) is 0 Å². The van der Waals surface area contributed by atoms with E-state index in [-0.39, 0.29) is 11.9 Å². The van der Waals surface area contributed by atoms with Gasteiger partial charge in [-0.15, -0.1) is 0 Å². The first kappa shape index (κ1) is 15.3. The van der Waals surface area contributed by atoms with Gasteiger partial charge in [0.15, 0.2) is 0 Å². The van der Waals surface area contributed by atoms with Gasteiger partial charge in [0.25, 0.3) is 0 Å². The normalized spacial score (nSPS) is 27.3. The van der Waals surface area contributed by atoms with E-state index in [2.05, 4.69) is 45.3 Å². The number of anilines is 1. The second kappa shape index (κ2) is 6.67. The number of benzene rings is 1. The average molecular weight is 302 g/mol. The largest absolute Gasteiger partial charge is 0.378 e. The first-order valence-corrected chi connectivity index (χ1v) is 8.20. The smallest absolute Gasteiger partial charge is 0.239 e. The van der Waals surface area contributed by atoms with E-state index < -0.39 is 0 Å². The van der Waals surface area contributed by atoms with Crippen LogP contribution in [0.15, 0.2) is 24.3 Å². The number of hydrogen-bond donors (Lipinski definition) is 3. The van der Waals surface area contributed by atoms with E-state index in [9.17, 15) is 4.79 Å². The summed E-state index contributed by atoms with van der Waals surface area (Å²) in [6.07, 6.45) is 4.82. The van der Waals surface area contributed by atoms with Gasteiger partial charge in [0.1, 0.15) is 6.04 Å². The summed E-state index contributed by atoms with van der Waals surface area (Å²) < 4.78 is 0. The molecule has 0 radical (unpaired) electrons. The van der Waals surface area contributed by atoms with E-state index in [0.717, 1.165) is 12.0 Å².